The van der Waals surface area contributed by atoms with Crippen LogP contribution in [0.2, 0.25) is 0 Å². The van der Waals surface area contributed by atoms with Crippen molar-refractivity contribution in [1.82, 2.24) is 0 Å². The molecule has 0 N–H and O–H groups in total. The molecule has 4 rings (SSSR count). The second-order valence-electron chi connectivity index (χ2n) is 10.6. The van der Waals surface area contributed by atoms with E-state index >= 15 is 0 Å². The summed E-state index contributed by atoms with van der Waals surface area (Å²) >= 11 is 0. The summed E-state index contributed by atoms with van der Waals surface area (Å²) in [4.78, 5) is 0. The van der Waals surface area contributed by atoms with E-state index in [4.69, 9.17) is 0 Å². The van der Waals surface area contributed by atoms with Gasteiger partial charge in [0.1, 0.15) is 0 Å². The zero-order valence-electron chi connectivity index (χ0n) is 18.8. The summed E-state index contributed by atoms with van der Waals surface area (Å²) in [5, 5.41) is 0. The first kappa shape index (κ1) is 23.0. The van der Waals surface area contributed by atoms with Crippen molar-refractivity contribution in [3.63, 3.8) is 0 Å². The number of aryl methyl sites for hydroxylation is 1. The molecular weight excluding hydrogens is 397 g/mol. The molecule has 0 amide bonds. The molecule has 0 aromatic heterocycles. The fourth-order valence-electron chi connectivity index (χ4n) is 6.82. The Balaban J connectivity index is 1.15. The molecule has 0 atom stereocenters. The highest BCUT2D eigenvalue weighted by Crippen LogP contribution is 2.44. The Morgan fingerprint density at radius 3 is 1.94 bits per heavy atom. The van der Waals surface area contributed by atoms with Gasteiger partial charge in [-0.05, 0) is 92.2 Å². The van der Waals surface area contributed by atoms with Gasteiger partial charge in [0.25, 0.3) is 0 Å². The van der Waals surface area contributed by atoms with Crippen molar-refractivity contribution >= 4 is 0 Å². The molecule has 0 unspecified atom stereocenters. The van der Waals surface area contributed by atoms with Crippen molar-refractivity contribution in [2.24, 2.45) is 29.6 Å². The van der Waals surface area contributed by atoms with Crippen LogP contribution in [0.3, 0.4) is 0 Å². The van der Waals surface area contributed by atoms with Gasteiger partial charge in [0.2, 0.25) is 0 Å². The van der Waals surface area contributed by atoms with Crippen molar-refractivity contribution in [2.75, 3.05) is 0 Å². The quantitative estimate of drug-likeness (QED) is 0.397. The zero-order valence-corrected chi connectivity index (χ0v) is 18.8. The largest absolute Gasteiger partial charge is 0.432 e. The third-order valence-electron chi connectivity index (χ3n) is 8.64. The number of hydrogen-bond donors (Lipinski definition) is 0. The van der Waals surface area contributed by atoms with E-state index in [2.05, 4.69) is 4.74 Å². The third-order valence-corrected chi connectivity index (χ3v) is 8.64. The van der Waals surface area contributed by atoms with Gasteiger partial charge in [0.15, 0.2) is 11.6 Å². The molecule has 1 aromatic rings. The zero-order chi connectivity index (χ0) is 21.6. The van der Waals surface area contributed by atoms with Crippen LogP contribution in [0.25, 0.3) is 0 Å². The van der Waals surface area contributed by atoms with E-state index in [1.54, 1.807) is 6.07 Å². The van der Waals surface area contributed by atoms with Crippen molar-refractivity contribution in [1.29, 1.82) is 0 Å². The maximum atomic E-state index is 13.9. The van der Waals surface area contributed by atoms with E-state index < -0.39 is 12.4 Å². The number of halogens is 3. The SMILES string of the molecule is Fc1cc(CCC2CCC(C3CCC(CC4CCCC4)CC3)CC2)ccc1OC(F)F. The molecule has 3 aliphatic carbocycles. The number of alkyl halides is 2. The highest BCUT2D eigenvalue weighted by molar-refractivity contribution is 5.29. The van der Waals surface area contributed by atoms with E-state index in [-0.39, 0.29) is 5.75 Å². The van der Waals surface area contributed by atoms with Gasteiger partial charge in [0, 0.05) is 0 Å². The van der Waals surface area contributed by atoms with Gasteiger partial charge in [-0.3, -0.25) is 0 Å². The minimum absolute atomic E-state index is 0.364. The summed E-state index contributed by atoms with van der Waals surface area (Å²) in [6.07, 6.45) is 20.5. The first-order valence-electron chi connectivity index (χ1n) is 12.8. The lowest BCUT2D eigenvalue weighted by molar-refractivity contribution is -0.0522. The standard InChI is InChI=1S/C27H39F3O/c28-25-18-22(11-16-26(25)31-27(29)30)6-5-19-7-12-23(13-8-19)24-14-9-21(10-15-24)17-20-3-1-2-4-20/h11,16,18-21,23-24,27H,1-10,12-15,17H2. The van der Waals surface area contributed by atoms with Crippen LogP contribution < -0.4 is 4.74 Å². The second kappa shape index (κ2) is 11.1. The average Bonchev–Trinajstić information content (AvgIpc) is 3.28. The van der Waals surface area contributed by atoms with E-state index in [1.807, 2.05) is 0 Å². The summed E-state index contributed by atoms with van der Waals surface area (Å²) in [6, 6.07) is 4.40. The predicted octanol–water partition coefficient (Wildman–Crippen LogP) is 8.55. The summed E-state index contributed by atoms with van der Waals surface area (Å²) in [7, 11) is 0. The molecular formula is C27H39F3O. The van der Waals surface area contributed by atoms with Crippen LogP contribution in [0, 0.1) is 35.4 Å². The van der Waals surface area contributed by atoms with Gasteiger partial charge in [-0.25, -0.2) is 4.39 Å². The van der Waals surface area contributed by atoms with Crippen molar-refractivity contribution in [3.05, 3.63) is 29.6 Å². The van der Waals surface area contributed by atoms with Gasteiger partial charge < -0.3 is 4.74 Å². The number of ether oxygens (including phenoxy) is 1. The maximum Gasteiger partial charge on any atom is 0.387 e. The molecule has 0 spiro atoms. The van der Waals surface area contributed by atoms with Crippen LogP contribution >= 0.6 is 0 Å². The highest BCUT2D eigenvalue weighted by atomic mass is 19.3. The Morgan fingerprint density at radius 2 is 1.35 bits per heavy atom. The van der Waals surface area contributed by atoms with E-state index in [1.165, 1.54) is 95.6 Å². The van der Waals surface area contributed by atoms with Gasteiger partial charge in [0.05, 0.1) is 0 Å². The molecule has 0 heterocycles. The molecule has 4 heteroatoms. The predicted molar refractivity (Wildman–Crippen MR) is 119 cm³/mol. The summed E-state index contributed by atoms with van der Waals surface area (Å²) in [5.74, 6) is 3.59. The molecule has 0 aliphatic heterocycles. The Kier molecular flexibility index (Phi) is 8.23. The second-order valence-corrected chi connectivity index (χ2v) is 10.6. The molecule has 3 aliphatic rings. The first-order valence-corrected chi connectivity index (χ1v) is 12.8. The van der Waals surface area contributed by atoms with Gasteiger partial charge in [-0.2, -0.15) is 8.78 Å². The normalized spacial score (nSPS) is 30.1. The van der Waals surface area contributed by atoms with Crippen LogP contribution in [0.15, 0.2) is 18.2 Å². The van der Waals surface area contributed by atoms with Crippen LogP contribution in [-0.2, 0) is 6.42 Å². The molecule has 1 nitrogen and oxygen atoms in total. The smallest absolute Gasteiger partial charge is 0.387 e. The Bertz CT molecular complexity index is 669. The van der Waals surface area contributed by atoms with Gasteiger partial charge in [-0.15, -0.1) is 0 Å². The molecule has 3 saturated carbocycles. The molecule has 0 radical (unpaired) electrons. The fourth-order valence-corrected chi connectivity index (χ4v) is 6.82. The van der Waals surface area contributed by atoms with Crippen molar-refractivity contribution in [3.8, 4) is 5.75 Å². The summed E-state index contributed by atoms with van der Waals surface area (Å²) in [5.41, 5.74) is 0.877. The maximum absolute atomic E-state index is 13.9. The molecule has 3 fully saturated rings. The first-order chi connectivity index (χ1) is 15.1. The van der Waals surface area contributed by atoms with Gasteiger partial charge >= 0.3 is 6.61 Å². The van der Waals surface area contributed by atoms with Crippen LogP contribution in [0.5, 0.6) is 5.75 Å². The number of hydrogen-bond acceptors (Lipinski definition) is 1. The minimum atomic E-state index is -2.99. The Labute approximate surface area is 186 Å². The minimum Gasteiger partial charge on any atom is -0.432 e. The fraction of sp³-hybridized carbons (Fsp3) is 0.778. The highest BCUT2D eigenvalue weighted by Gasteiger charge is 2.31. The average molecular weight is 437 g/mol. The lowest BCUT2D eigenvalue weighted by Gasteiger charge is -2.38. The van der Waals surface area contributed by atoms with E-state index in [0.717, 1.165) is 48.0 Å². The lowest BCUT2D eigenvalue weighted by Crippen LogP contribution is -2.26. The summed E-state index contributed by atoms with van der Waals surface area (Å²) in [6.45, 7) is -2.99. The monoisotopic (exact) mass is 436 g/mol. The molecule has 1 aromatic carbocycles. The van der Waals surface area contributed by atoms with Crippen molar-refractivity contribution < 1.29 is 17.9 Å². The topological polar surface area (TPSA) is 9.23 Å². The molecule has 0 saturated heterocycles. The van der Waals surface area contributed by atoms with Crippen LogP contribution in [0.1, 0.15) is 95.5 Å². The van der Waals surface area contributed by atoms with Crippen LogP contribution in [0.4, 0.5) is 13.2 Å². The summed E-state index contributed by atoms with van der Waals surface area (Å²) < 4.78 is 42.7. The van der Waals surface area contributed by atoms with Gasteiger partial charge in [-0.1, -0.05) is 57.4 Å². The lowest BCUT2D eigenvalue weighted by atomic mass is 9.67. The Morgan fingerprint density at radius 1 is 0.774 bits per heavy atom. The third kappa shape index (κ3) is 6.65. The van der Waals surface area contributed by atoms with Crippen molar-refractivity contribution in [2.45, 2.75) is 103 Å². The Hall–Kier alpha value is -1.19. The number of benzene rings is 1. The molecule has 0 bridgehead atoms. The molecule has 174 valence electrons. The molecule has 31 heavy (non-hydrogen) atoms. The van der Waals surface area contributed by atoms with E-state index in [9.17, 15) is 13.2 Å². The number of rotatable bonds is 8. The van der Waals surface area contributed by atoms with Crippen LogP contribution in [-0.4, -0.2) is 6.61 Å². The van der Waals surface area contributed by atoms with E-state index in [0.29, 0.717) is 0 Å².